The minimum Gasteiger partial charge on any atom is -0.495 e. The first-order chi connectivity index (χ1) is 19.1. The predicted octanol–water partition coefficient (Wildman–Crippen LogP) is 2.01. The van der Waals surface area contributed by atoms with Gasteiger partial charge in [-0.3, -0.25) is 14.3 Å². The Morgan fingerprint density at radius 3 is 2.29 bits per heavy atom. The lowest BCUT2D eigenvalue weighted by atomic mass is 10.1. The third kappa shape index (κ3) is 9.40. The van der Waals surface area contributed by atoms with Crippen LogP contribution in [0, 0.1) is 0 Å². The van der Waals surface area contributed by atoms with E-state index >= 15 is 0 Å². The summed E-state index contributed by atoms with van der Waals surface area (Å²) in [6, 6.07) is 9.13. The number of halogens is 4. The molecule has 1 aliphatic heterocycles. The number of rotatable bonds is 8. The van der Waals surface area contributed by atoms with Crippen molar-refractivity contribution >= 4 is 50.8 Å². The molecule has 0 spiro atoms. The topological polar surface area (TPSA) is 157 Å². The number of benzene rings is 2. The zero-order valence-electron chi connectivity index (χ0n) is 22.2. The van der Waals surface area contributed by atoms with Crippen molar-refractivity contribution in [3.63, 3.8) is 0 Å². The monoisotopic (exact) mass is 623 g/mol. The largest absolute Gasteiger partial charge is 0.495 e. The summed E-state index contributed by atoms with van der Waals surface area (Å²) >= 11 is 6.05. The van der Waals surface area contributed by atoms with Crippen molar-refractivity contribution in [1.29, 1.82) is 0 Å². The van der Waals surface area contributed by atoms with Gasteiger partial charge in [0, 0.05) is 50.9 Å². The Hall–Kier alpha value is -3.76. The fourth-order valence-electron chi connectivity index (χ4n) is 3.58. The molecule has 0 unspecified atom stereocenters. The number of ether oxygens (including phenoxy) is 1. The van der Waals surface area contributed by atoms with Crippen LogP contribution < -0.4 is 25.0 Å². The van der Waals surface area contributed by atoms with Crippen LogP contribution in [-0.4, -0.2) is 96.3 Å². The quantitative estimate of drug-likeness (QED) is 0.345. The molecule has 0 aliphatic carbocycles. The maximum Gasteiger partial charge on any atom is 0.490 e. The summed E-state index contributed by atoms with van der Waals surface area (Å²) < 4.78 is 66.2. The summed E-state index contributed by atoms with van der Waals surface area (Å²) in [5.74, 6) is -3.36. The lowest BCUT2D eigenvalue weighted by molar-refractivity contribution is -0.192. The van der Waals surface area contributed by atoms with Crippen LogP contribution in [0.3, 0.4) is 0 Å². The normalized spacial score (nSPS) is 13.4. The second-order valence-electron chi connectivity index (χ2n) is 8.51. The highest BCUT2D eigenvalue weighted by Crippen LogP contribution is 2.33. The number of likely N-dealkylation sites (N-methyl/N-ethyl adjacent to an activating group) is 2. The molecule has 4 N–H and O–H groups in total. The highest BCUT2D eigenvalue weighted by atomic mass is 35.5. The highest BCUT2D eigenvalue weighted by Gasteiger charge is 2.38. The van der Waals surface area contributed by atoms with Gasteiger partial charge >= 0.3 is 12.1 Å². The summed E-state index contributed by atoms with van der Waals surface area (Å²) in [6.07, 6.45) is -5.08. The summed E-state index contributed by atoms with van der Waals surface area (Å²) in [5.41, 5.74) is 1.11. The van der Waals surface area contributed by atoms with Crippen LogP contribution in [0.15, 0.2) is 41.3 Å². The van der Waals surface area contributed by atoms with Gasteiger partial charge in [0.2, 0.25) is 5.91 Å². The molecule has 0 saturated carbocycles. The number of hydrogen-bond donors (Lipinski definition) is 4. The number of sulfonamides is 1. The van der Waals surface area contributed by atoms with Gasteiger partial charge in [-0.1, -0.05) is 11.6 Å². The van der Waals surface area contributed by atoms with Crippen molar-refractivity contribution in [1.82, 2.24) is 15.5 Å². The first kappa shape index (κ1) is 33.4. The molecule has 0 radical (unpaired) electrons. The van der Waals surface area contributed by atoms with E-state index in [4.69, 9.17) is 26.2 Å². The molecule has 12 nitrogen and oxygen atoms in total. The van der Waals surface area contributed by atoms with Crippen LogP contribution in [-0.2, 0) is 19.6 Å². The summed E-state index contributed by atoms with van der Waals surface area (Å²) in [4.78, 5) is 36.7. The van der Waals surface area contributed by atoms with Gasteiger partial charge < -0.3 is 30.3 Å². The Kier molecular flexibility index (Phi) is 11.6. The van der Waals surface area contributed by atoms with E-state index in [0.29, 0.717) is 18.8 Å². The van der Waals surface area contributed by atoms with Crippen LogP contribution in [0.2, 0.25) is 5.02 Å². The van der Waals surface area contributed by atoms with Crippen molar-refractivity contribution in [2.24, 2.45) is 0 Å². The van der Waals surface area contributed by atoms with Crippen LogP contribution in [0.1, 0.15) is 10.4 Å². The third-order valence-corrected chi connectivity index (χ3v) is 7.23. The zero-order valence-corrected chi connectivity index (χ0v) is 23.8. The number of carboxylic acid groups (broad SMARTS) is 1. The first-order valence-corrected chi connectivity index (χ1v) is 13.7. The number of anilines is 2. The fraction of sp³-hybridized carbons (Fsp3) is 0.375. The summed E-state index contributed by atoms with van der Waals surface area (Å²) in [7, 11) is 0.243. The van der Waals surface area contributed by atoms with E-state index in [1.54, 1.807) is 12.1 Å². The van der Waals surface area contributed by atoms with E-state index in [1.165, 1.54) is 50.4 Å². The minimum atomic E-state index is -5.08. The molecule has 1 saturated heterocycles. The molecule has 17 heteroatoms. The number of piperazine rings is 1. The smallest absolute Gasteiger partial charge is 0.490 e. The Balaban J connectivity index is 0.000000745. The molecule has 1 aliphatic rings. The van der Waals surface area contributed by atoms with E-state index in [9.17, 15) is 31.2 Å². The zero-order chi connectivity index (χ0) is 31.0. The molecule has 226 valence electrons. The number of hydrogen-bond acceptors (Lipinski definition) is 8. The van der Waals surface area contributed by atoms with Crippen LogP contribution in [0.25, 0.3) is 0 Å². The van der Waals surface area contributed by atoms with Gasteiger partial charge in [0.25, 0.3) is 15.9 Å². The second kappa shape index (κ2) is 14.2. The lowest BCUT2D eigenvalue weighted by Crippen LogP contribution is -2.44. The van der Waals surface area contributed by atoms with Crippen molar-refractivity contribution in [3.05, 3.63) is 47.0 Å². The van der Waals surface area contributed by atoms with Gasteiger partial charge in [0.1, 0.15) is 10.6 Å². The standard InChI is InChI=1S/C22H28ClN5O5S.C2HF3O2/c1-24-21(29)14-27(2)22(30)15-4-6-18(28-10-8-25-9-11-28)17(12-15)26-34(31,32)20-13-16(23)5-7-19(20)33-3;3-2(4,5)1(6)7/h4-7,12-13,25-26H,8-11,14H2,1-3H3,(H,24,29);(H,6,7). The Bertz CT molecular complexity index is 1370. The third-order valence-electron chi connectivity index (χ3n) is 5.61. The molecule has 1 heterocycles. The van der Waals surface area contributed by atoms with Crippen LogP contribution >= 0.6 is 11.6 Å². The van der Waals surface area contributed by atoms with Crippen molar-refractivity contribution < 1.29 is 45.8 Å². The van der Waals surface area contributed by atoms with Crippen LogP contribution in [0.4, 0.5) is 24.5 Å². The fourth-order valence-corrected chi connectivity index (χ4v) is 5.08. The molecule has 3 rings (SSSR count). The highest BCUT2D eigenvalue weighted by molar-refractivity contribution is 7.92. The Morgan fingerprint density at radius 2 is 1.76 bits per heavy atom. The number of nitrogens with zero attached hydrogens (tertiary/aromatic N) is 2. The van der Waals surface area contributed by atoms with E-state index in [0.717, 1.165) is 13.1 Å². The summed E-state index contributed by atoms with van der Waals surface area (Å²) in [6.45, 7) is 2.68. The SMILES string of the molecule is CNC(=O)CN(C)C(=O)c1ccc(N2CCNCC2)c(NS(=O)(=O)c2cc(Cl)ccc2OC)c1.O=C(O)C(F)(F)F. The molecule has 2 aromatic carbocycles. The maximum atomic E-state index is 13.3. The number of amides is 2. The van der Waals surface area contributed by atoms with Gasteiger partial charge in [-0.05, 0) is 36.4 Å². The number of carbonyl (C=O) groups is 3. The van der Waals surface area contributed by atoms with E-state index < -0.39 is 28.1 Å². The average Bonchev–Trinajstić information content (AvgIpc) is 2.92. The first-order valence-electron chi connectivity index (χ1n) is 11.8. The molecular formula is C24H29ClF3N5O7S. The number of alkyl halides is 3. The van der Waals surface area contributed by atoms with E-state index in [2.05, 4.69) is 15.4 Å². The number of carbonyl (C=O) groups excluding carboxylic acids is 2. The minimum absolute atomic E-state index is 0.123. The number of methoxy groups -OCH3 is 1. The predicted molar refractivity (Wildman–Crippen MR) is 145 cm³/mol. The maximum absolute atomic E-state index is 13.3. The molecule has 1 fully saturated rings. The van der Waals surface area contributed by atoms with Gasteiger partial charge in [-0.25, -0.2) is 13.2 Å². The van der Waals surface area contributed by atoms with Crippen molar-refractivity contribution in [2.45, 2.75) is 11.1 Å². The molecule has 2 amide bonds. The molecule has 0 atom stereocenters. The molecule has 0 bridgehead atoms. The van der Waals surface area contributed by atoms with Gasteiger partial charge in [0.15, 0.2) is 0 Å². The van der Waals surface area contributed by atoms with Crippen molar-refractivity contribution in [3.8, 4) is 5.75 Å². The second-order valence-corrected chi connectivity index (χ2v) is 10.6. The van der Waals surface area contributed by atoms with Gasteiger partial charge in [0.05, 0.1) is 25.0 Å². The van der Waals surface area contributed by atoms with Crippen LogP contribution in [0.5, 0.6) is 5.75 Å². The molecule has 2 aromatic rings. The number of nitrogens with one attached hydrogen (secondary N) is 3. The molecule has 0 aromatic heterocycles. The number of aliphatic carboxylic acids is 1. The van der Waals surface area contributed by atoms with Gasteiger partial charge in [-0.15, -0.1) is 0 Å². The molecular weight excluding hydrogens is 595 g/mol. The molecule has 41 heavy (non-hydrogen) atoms. The number of carboxylic acids is 1. The Morgan fingerprint density at radius 1 is 1.15 bits per heavy atom. The van der Waals surface area contributed by atoms with E-state index in [-0.39, 0.29) is 39.4 Å². The lowest BCUT2D eigenvalue weighted by Gasteiger charge is -2.31. The Labute approximate surface area is 239 Å². The van der Waals surface area contributed by atoms with E-state index in [1.807, 2.05) is 4.90 Å². The summed E-state index contributed by atoms with van der Waals surface area (Å²) in [5, 5.41) is 13.1. The van der Waals surface area contributed by atoms with Crippen molar-refractivity contribution in [2.75, 3.05) is 63.6 Å². The average molecular weight is 624 g/mol. The van der Waals surface area contributed by atoms with Gasteiger partial charge in [-0.2, -0.15) is 13.2 Å².